The number of fused-ring (bicyclic) bond motifs is 1. The third kappa shape index (κ3) is 6.90. The van der Waals surface area contributed by atoms with E-state index in [4.69, 9.17) is 17.3 Å². The van der Waals surface area contributed by atoms with Crippen molar-refractivity contribution in [2.45, 2.75) is 44.2 Å². The number of hydrogen-bond donors (Lipinski definition) is 3. The van der Waals surface area contributed by atoms with E-state index < -0.39 is 6.04 Å². The van der Waals surface area contributed by atoms with Gasteiger partial charge in [-0.1, -0.05) is 67.6 Å². The zero-order valence-electron chi connectivity index (χ0n) is 21.3. The van der Waals surface area contributed by atoms with Crippen molar-refractivity contribution >= 4 is 34.2 Å². The molecular weight excluding hydrogens is 484 g/mol. The number of nitrogens with two attached hydrogens (primary N) is 1. The lowest BCUT2D eigenvalue weighted by atomic mass is 9.95. The third-order valence-corrected chi connectivity index (χ3v) is 7.27. The van der Waals surface area contributed by atoms with Crippen molar-refractivity contribution in [1.29, 1.82) is 0 Å². The minimum absolute atomic E-state index is 0.0306. The monoisotopic (exact) mass is 518 g/mol. The Morgan fingerprint density at radius 2 is 1.89 bits per heavy atom. The van der Waals surface area contributed by atoms with Gasteiger partial charge in [-0.3, -0.25) is 9.59 Å². The molecule has 1 aliphatic heterocycles. The van der Waals surface area contributed by atoms with Crippen LogP contribution in [-0.4, -0.2) is 48.4 Å². The van der Waals surface area contributed by atoms with Gasteiger partial charge in [-0.05, 0) is 53.4 Å². The zero-order valence-corrected chi connectivity index (χ0v) is 22.0. The van der Waals surface area contributed by atoms with Crippen LogP contribution in [0.5, 0.6) is 0 Å². The standard InChI is InChI=1S/C30H35ClN4O2/c1-3-21(22-7-5-4-6-8-22)19-35-14-13-27(34-28(30(35)37)15-20(2)32)18-33-29(36)25-10-9-24-17-26(31)12-11-23(24)16-25/h4-12,16-17,21,27-28,34H,2-3,13-15,18-19,32H2,1H3,(H,33,36)/t21-,27+,28+/m1/s1. The Balaban J connectivity index is 1.43. The van der Waals surface area contributed by atoms with E-state index >= 15 is 0 Å². The molecule has 37 heavy (non-hydrogen) atoms. The molecule has 2 amide bonds. The molecule has 0 aromatic heterocycles. The summed E-state index contributed by atoms with van der Waals surface area (Å²) in [5, 5.41) is 9.09. The highest BCUT2D eigenvalue weighted by Gasteiger charge is 2.32. The van der Waals surface area contributed by atoms with E-state index in [1.807, 2.05) is 53.4 Å². The number of nitrogens with one attached hydrogen (secondary N) is 2. The second-order valence-electron chi connectivity index (χ2n) is 9.78. The summed E-state index contributed by atoms with van der Waals surface area (Å²) in [6, 6.07) is 20.9. The summed E-state index contributed by atoms with van der Waals surface area (Å²) in [5.41, 5.74) is 8.19. The molecule has 0 spiro atoms. The van der Waals surface area contributed by atoms with Gasteiger partial charge in [0.1, 0.15) is 0 Å². The predicted molar refractivity (Wildman–Crippen MR) is 151 cm³/mol. The van der Waals surface area contributed by atoms with Gasteiger partial charge in [0.2, 0.25) is 5.91 Å². The molecule has 1 saturated heterocycles. The van der Waals surface area contributed by atoms with Crippen LogP contribution in [0, 0.1) is 0 Å². The predicted octanol–water partition coefficient (Wildman–Crippen LogP) is 4.84. The van der Waals surface area contributed by atoms with Crippen LogP contribution >= 0.6 is 11.6 Å². The van der Waals surface area contributed by atoms with E-state index in [0.717, 1.165) is 23.6 Å². The average molecular weight is 519 g/mol. The highest BCUT2D eigenvalue weighted by Crippen LogP contribution is 2.23. The number of amides is 2. The van der Waals surface area contributed by atoms with Gasteiger partial charge < -0.3 is 21.3 Å². The van der Waals surface area contributed by atoms with Crippen LogP contribution in [0.3, 0.4) is 0 Å². The Labute approximate surface area is 223 Å². The topological polar surface area (TPSA) is 87.5 Å². The molecule has 1 fully saturated rings. The van der Waals surface area contributed by atoms with Gasteiger partial charge in [-0.15, -0.1) is 0 Å². The largest absolute Gasteiger partial charge is 0.402 e. The molecule has 6 nitrogen and oxygen atoms in total. The van der Waals surface area contributed by atoms with E-state index in [0.29, 0.717) is 42.3 Å². The average Bonchev–Trinajstić information content (AvgIpc) is 3.04. The van der Waals surface area contributed by atoms with Gasteiger partial charge in [0, 0.05) is 54.3 Å². The first-order valence-corrected chi connectivity index (χ1v) is 13.2. The fourth-order valence-electron chi connectivity index (χ4n) is 4.97. The Kier molecular flexibility index (Phi) is 8.85. The van der Waals surface area contributed by atoms with Crippen molar-refractivity contribution in [2.24, 2.45) is 5.73 Å². The number of carbonyl (C=O) groups excluding carboxylic acids is 2. The maximum absolute atomic E-state index is 13.5. The Hall–Kier alpha value is -3.35. The van der Waals surface area contributed by atoms with Crippen molar-refractivity contribution in [3.05, 3.63) is 95.2 Å². The molecule has 0 aliphatic carbocycles. The van der Waals surface area contributed by atoms with Gasteiger partial charge in [-0.25, -0.2) is 0 Å². The molecule has 4 rings (SSSR count). The van der Waals surface area contributed by atoms with Crippen LogP contribution in [-0.2, 0) is 4.79 Å². The first-order valence-electron chi connectivity index (χ1n) is 12.8. The quantitative estimate of drug-likeness (QED) is 0.378. The second kappa shape index (κ2) is 12.3. The minimum Gasteiger partial charge on any atom is -0.402 e. The number of benzene rings is 3. The summed E-state index contributed by atoms with van der Waals surface area (Å²) < 4.78 is 0. The van der Waals surface area contributed by atoms with Gasteiger partial charge in [0.15, 0.2) is 0 Å². The van der Waals surface area contributed by atoms with E-state index in [9.17, 15) is 9.59 Å². The molecule has 3 atom stereocenters. The molecule has 1 aliphatic rings. The Morgan fingerprint density at radius 3 is 2.62 bits per heavy atom. The molecular formula is C30H35ClN4O2. The first kappa shape index (κ1) is 26.7. The number of rotatable bonds is 9. The zero-order chi connectivity index (χ0) is 26.4. The molecule has 0 unspecified atom stereocenters. The maximum Gasteiger partial charge on any atom is 0.251 e. The minimum atomic E-state index is -0.472. The maximum atomic E-state index is 13.5. The molecule has 0 saturated carbocycles. The highest BCUT2D eigenvalue weighted by atomic mass is 35.5. The molecule has 0 radical (unpaired) electrons. The van der Waals surface area contributed by atoms with E-state index in [2.05, 4.69) is 36.3 Å². The van der Waals surface area contributed by atoms with Crippen LogP contribution in [0.25, 0.3) is 10.8 Å². The van der Waals surface area contributed by atoms with Crippen molar-refractivity contribution in [3.63, 3.8) is 0 Å². The van der Waals surface area contributed by atoms with Gasteiger partial charge in [-0.2, -0.15) is 0 Å². The molecule has 0 bridgehead atoms. The molecule has 1 heterocycles. The molecule has 4 N–H and O–H groups in total. The van der Waals surface area contributed by atoms with Crippen molar-refractivity contribution in [2.75, 3.05) is 19.6 Å². The number of hydrogen-bond acceptors (Lipinski definition) is 4. The lowest BCUT2D eigenvalue weighted by Crippen LogP contribution is -2.49. The number of nitrogens with zero attached hydrogens (tertiary/aromatic N) is 1. The molecule has 3 aromatic carbocycles. The van der Waals surface area contributed by atoms with E-state index in [-0.39, 0.29) is 23.8 Å². The number of carbonyl (C=O) groups is 2. The van der Waals surface area contributed by atoms with Crippen molar-refractivity contribution in [1.82, 2.24) is 15.5 Å². The van der Waals surface area contributed by atoms with Crippen LogP contribution in [0.1, 0.15) is 48.0 Å². The van der Waals surface area contributed by atoms with Crippen LogP contribution < -0.4 is 16.4 Å². The molecule has 7 heteroatoms. The first-order chi connectivity index (χ1) is 17.8. The summed E-state index contributed by atoms with van der Waals surface area (Å²) in [6.45, 7) is 7.64. The van der Waals surface area contributed by atoms with Crippen molar-refractivity contribution < 1.29 is 9.59 Å². The third-order valence-electron chi connectivity index (χ3n) is 7.04. The lowest BCUT2D eigenvalue weighted by Gasteiger charge is -2.28. The highest BCUT2D eigenvalue weighted by molar-refractivity contribution is 6.31. The van der Waals surface area contributed by atoms with E-state index in [1.54, 1.807) is 6.07 Å². The normalized spacial score (nSPS) is 18.9. The smallest absolute Gasteiger partial charge is 0.251 e. The Bertz CT molecular complexity index is 1260. The Morgan fingerprint density at radius 1 is 1.16 bits per heavy atom. The van der Waals surface area contributed by atoms with Crippen LogP contribution in [0.15, 0.2) is 79.0 Å². The summed E-state index contributed by atoms with van der Waals surface area (Å²) in [4.78, 5) is 28.4. The molecule has 3 aromatic rings. The summed E-state index contributed by atoms with van der Waals surface area (Å²) in [6.07, 6.45) is 2.02. The van der Waals surface area contributed by atoms with Gasteiger partial charge in [0.25, 0.3) is 5.91 Å². The number of halogens is 1. The second-order valence-corrected chi connectivity index (χ2v) is 10.2. The fourth-order valence-corrected chi connectivity index (χ4v) is 5.15. The van der Waals surface area contributed by atoms with E-state index in [1.165, 1.54) is 5.56 Å². The van der Waals surface area contributed by atoms with Gasteiger partial charge in [0.05, 0.1) is 6.04 Å². The summed E-state index contributed by atoms with van der Waals surface area (Å²) in [5.74, 6) is 0.134. The van der Waals surface area contributed by atoms with Gasteiger partial charge >= 0.3 is 0 Å². The van der Waals surface area contributed by atoms with Crippen molar-refractivity contribution in [3.8, 4) is 0 Å². The lowest BCUT2D eigenvalue weighted by molar-refractivity contribution is -0.133. The summed E-state index contributed by atoms with van der Waals surface area (Å²) >= 11 is 6.07. The fraction of sp³-hybridized carbons (Fsp3) is 0.333. The van der Waals surface area contributed by atoms with Crippen LogP contribution in [0.4, 0.5) is 0 Å². The SMILES string of the molecule is C=C(N)C[C@@H]1N[C@H](CNC(=O)c2ccc3cc(Cl)ccc3c2)CCN(C[C@@H](CC)c2ccccc2)C1=O. The summed E-state index contributed by atoms with van der Waals surface area (Å²) in [7, 11) is 0. The molecule has 194 valence electrons. The van der Waals surface area contributed by atoms with Crippen LogP contribution in [0.2, 0.25) is 5.02 Å².